The Morgan fingerprint density at radius 1 is 1.35 bits per heavy atom. The summed E-state index contributed by atoms with van der Waals surface area (Å²) in [6.45, 7) is 6.12. The van der Waals surface area contributed by atoms with Crippen LogP contribution in [0, 0.1) is 0 Å². The van der Waals surface area contributed by atoms with Gasteiger partial charge in [0.05, 0.1) is 6.07 Å². The van der Waals surface area contributed by atoms with Gasteiger partial charge in [0.1, 0.15) is 11.6 Å². The SMILES string of the molecule is CCc1nc(Oc2ccc(Br)cc2C(C)C)cc(=O)[nH]1. The summed E-state index contributed by atoms with van der Waals surface area (Å²) in [6.07, 6.45) is 0.657. The van der Waals surface area contributed by atoms with Crippen LogP contribution >= 0.6 is 15.9 Å². The van der Waals surface area contributed by atoms with Crippen LogP contribution in [0.5, 0.6) is 11.6 Å². The Morgan fingerprint density at radius 3 is 2.75 bits per heavy atom. The van der Waals surface area contributed by atoms with Crippen molar-refractivity contribution in [1.82, 2.24) is 9.97 Å². The molecule has 106 valence electrons. The van der Waals surface area contributed by atoms with Gasteiger partial charge in [-0.3, -0.25) is 4.79 Å². The topological polar surface area (TPSA) is 55.0 Å². The lowest BCUT2D eigenvalue weighted by atomic mass is 10.0. The largest absolute Gasteiger partial charge is 0.438 e. The van der Waals surface area contributed by atoms with Gasteiger partial charge in [0.2, 0.25) is 5.88 Å². The van der Waals surface area contributed by atoms with Gasteiger partial charge in [0.15, 0.2) is 0 Å². The van der Waals surface area contributed by atoms with Crippen molar-refractivity contribution < 1.29 is 4.74 Å². The van der Waals surface area contributed by atoms with E-state index in [4.69, 9.17) is 4.74 Å². The zero-order chi connectivity index (χ0) is 14.7. The fourth-order valence-electron chi connectivity index (χ4n) is 1.88. The minimum absolute atomic E-state index is 0.199. The number of benzene rings is 1. The normalized spacial score (nSPS) is 10.8. The highest BCUT2D eigenvalue weighted by molar-refractivity contribution is 9.10. The van der Waals surface area contributed by atoms with Crippen LogP contribution in [-0.2, 0) is 6.42 Å². The average Bonchev–Trinajstić information content (AvgIpc) is 2.40. The number of halogens is 1. The Balaban J connectivity index is 2.39. The van der Waals surface area contributed by atoms with Crippen molar-refractivity contribution in [2.45, 2.75) is 33.1 Å². The number of rotatable bonds is 4. The van der Waals surface area contributed by atoms with Gasteiger partial charge in [0, 0.05) is 10.9 Å². The molecule has 0 unspecified atom stereocenters. The van der Waals surface area contributed by atoms with Crippen molar-refractivity contribution in [2.75, 3.05) is 0 Å². The predicted octanol–water partition coefficient (Wildman–Crippen LogP) is 4.01. The molecule has 1 N–H and O–H groups in total. The van der Waals surface area contributed by atoms with Crippen LogP contribution in [0.15, 0.2) is 33.5 Å². The molecule has 4 nitrogen and oxygen atoms in total. The summed E-state index contributed by atoms with van der Waals surface area (Å²) in [5, 5.41) is 0. The molecular formula is C15H17BrN2O2. The van der Waals surface area contributed by atoms with Gasteiger partial charge < -0.3 is 9.72 Å². The standard InChI is InChI=1S/C15H17BrN2O2/c1-4-13-17-14(19)8-15(18-13)20-12-6-5-10(16)7-11(12)9(2)3/h5-9H,4H2,1-3H3,(H,17,18,19). The van der Waals surface area contributed by atoms with E-state index in [1.807, 2.05) is 25.1 Å². The van der Waals surface area contributed by atoms with Crippen LogP contribution in [-0.4, -0.2) is 9.97 Å². The Bertz CT molecular complexity index is 665. The maximum absolute atomic E-state index is 11.6. The van der Waals surface area contributed by atoms with Crippen molar-refractivity contribution in [3.8, 4) is 11.6 Å². The minimum atomic E-state index is -0.199. The second-order valence-corrected chi connectivity index (χ2v) is 5.74. The lowest BCUT2D eigenvalue weighted by molar-refractivity contribution is 0.449. The summed E-state index contributed by atoms with van der Waals surface area (Å²) in [7, 11) is 0. The number of ether oxygens (including phenoxy) is 1. The van der Waals surface area contributed by atoms with Crippen LogP contribution in [0.3, 0.4) is 0 Å². The van der Waals surface area contributed by atoms with Crippen molar-refractivity contribution in [2.24, 2.45) is 0 Å². The summed E-state index contributed by atoms with van der Waals surface area (Å²) in [5.41, 5.74) is 0.870. The monoisotopic (exact) mass is 336 g/mol. The highest BCUT2D eigenvalue weighted by Crippen LogP contribution is 2.31. The minimum Gasteiger partial charge on any atom is -0.438 e. The molecule has 1 aromatic carbocycles. The van der Waals surface area contributed by atoms with Crippen LogP contribution in [0.1, 0.15) is 38.1 Å². The van der Waals surface area contributed by atoms with E-state index in [2.05, 4.69) is 39.7 Å². The third kappa shape index (κ3) is 3.48. The first-order valence-electron chi connectivity index (χ1n) is 6.57. The van der Waals surface area contributed by atoms with E-state index >= 15 is 0 Å². The molecule has 1 heterocycles. The number of aryl methyl sites for hydroxylation is 1. The Kier molecular flexibility index (Phi) is 4.60. The molecule has 0 atom stereocenters. The maximum Gasteiger partial charge on any atom is 0.254 e. The summed E-state index contributed by atoms with van der Waals surface area (Å²) in [6, 6.07) is 7.18. The van der Waals surface area contributed by atoms with Crippen molar-refractivity contribution in [1.29, 1.82) is 0 Å². The Labute approximate surface area is 126 Å². The van der Waals surface area contributed by atoms with Crippen molar-refractivity contribution >= 4 is 15.9 Å². The molecular weight excluding hydrogens is 320 g/mol. The highest BCUT2D eigenvalue weighted by atomic mass is 79.9. The van der Waals surface area contributed by atoms with Gasteiger partial charge in [-0.25, -0.2) is 0 Å². The summed E-state index contributed by atoms with van der Waals surface area (Å²) in [4.78, 5) is 18.5. The lowest BCUT2D eigenvalue weighted by Crippen LogP contribution is -2.10. The van der Waals surface area contributed by atoms with Gasteiger partial charge in [0.25, 0.3) is 5.56 Å². The molecule has 0 saturated carbocycles. The molecule has 0 fully saturated rings. The molecule has 20 heavy (non-hydrogen) atoms. The third-order valence-corrected chi connectivity index (χ3v) is 3.40. The summed E-state index contributed by atoms with van der Waals surface area (Å²) >= 11 is 3.46. The van der Waals surface area contributed by atoms with Gasteiger partial charge in [-0.1, -0.05) is 36.7 Å². The number of nitrogens with one attached hydrogen (secondary N) is 1. The molecule has 0 amide bonds. The van der Waals surface area contributed by atoms with E-state index in [1.54, 1.807) is 0 Å². The number of hydrogen-bond acceptors (Lipinski definition) is 3. The maximum atomic E-state index is 11.6. The zero-order valence-corrected chi connectivity index (χ0v) is 13.3. The van der Waals surface area contributed by atoms with E-state index in [0.717, 1.165) is 15.8 Å². The number of hydrogen-bond donors (Lipinski definition) is 1. The highest BCUT2D eigenvalue weighted by Gasteiger charge is 2.11. The molecule has 0 bridgehead atoms. The molecule has 5 heteroatoms. The number of aromatic amines is 1. The number of nitrogens with zero attached hydrogens (tertiary/aromatic N) is 1. The quantitative estimate of drug-likeness (QED) is 0.917. The molecule has 1 aromatic heterocycles. The fourth-order valence-corrected chi connectivity index (χ4v) is 2.26. The molecule has 0 saturated heterocycles. The van der Waals surface area contributed by atoms with Gasteiger partial charge in [-0.05, 0) is 29.7 Å². The van der Waals surface area contributed by atoms with E-state index in [9.17, 15) is 4.79 Å². The van der Waals surface area contributed by atoms with Crippen molar-refractivity contribution in [3.63, 3.8) is 0 Å². The third-order valence-electron chi connectivity index (χ3n) is 2.91. The average molecular weight is 337 g/mol. The molecule has 2 rings (SSSR count). The lowest BCUT2D eigenvalue weighted by Gasteiger charge is -2.13. The second kappa shape index (κ2) is 6.22. The van der Waals surface area contributed by atoms with Gasteiger partial charge in [-0.15, -0.1) is 0 Å². The fraction of sp³-hybridized carbons (Fsp3) is 0.333. The molecule has 0 aliphatic carbocycles. The van der Waals surface area contributed by atoms with Crippen molar-refractivity contribution in [3.05, 3.63) is 50.5 Å². The predicted molar refractivity (Wildman–Crippen MR) is 82.5 cm³/mol. The first kappa shape index (κ1) is 14.8. The number of H-pyrrole nitrogens is 1. The molecule has 0 spiro atoms. The Morgan fingerprint density at radius 2 is 2.10 bits per heavy atom. The second-order valence-electron chi connectivity index (χ2n) is 4.82. The van der Waals surface area contributed by atoms with Gasteiger partial charge in [-0.2, -0.15) is 4.98 Å². The molecule has 2 aromatic rings. The van der Waals surface area contributed by atoms with E-state index < -0.39 is 0 Å². The van der Waals surface area contributed by atoms with E-state index in [0.29, 0.717) is 24.0 Å². The molecule has 0 aliphatic heterocycles. The number of aromatic nitrogens is 2. The van der Waals surface area contributed by atoms with E-state index in [-0.39, 0.29) is 5.56 Å². The molecule has 0 radical (unpaired) electrons. The van der Waals surface area contributed by atoms with Crippen LogP contribution in [0.4, 0.5) is 0 Å². The van der Waals surface area contributed by atoms with E-state index in [1.165, 1.54) is 6.07 Å². The summed E-state index contributed by atoms with van der Waals surface area (Å²) < 4.78 is 6.80. The van der Waals surface area contributed by atoms with Gasteiger partial charge >= 0.3 is 0 Å². The van der Waals surface area contributed by atoms with Crippen LogP contribution in [0.2, 0.25) is 0 Å². The first-order chi connectivity index (χ1) is 9.49. The molecule has 0 aliphatic rings. The Hall–Kier alpha value is -1.62. The van der Waals surface area contributed by atoms with Crippen LogP contribution in [0.25, 0.3) is 0 Å². The first-order valence-corrected chi connectivity index (χ1v) is 7.36. The summed E-state index contributed by atoms with van der Waals surface area (Å²) in [5.74, 6) is 1.99. The van der Waals surface area contributed by atoms with Crippen LogP contribution < -0.4 is 10.3 Å². The smallest absolute Gasteiger partial charge is 0.254 e. The zero-order valence-electron chi connectivity index (χ0n) is 11.7.